The van der Waals surface area contributed by atoms with E-state index in [1.165, 1.54) is 5.01 Å². The summed E-state index contributed by atoms with van der Waals surface area (Å²) >= 11 is 0. The Balaban J connectivity index is 1.57. The van der Waals surface area contributed by atoms with Crippen molar-refractivity contribution in [2.24, 2.45) is 0 Å². The second-order valence-corrected chi connectivity index (χ2v) is 7.71. The molecule has 0 aromatic heterocycles. The van der Waals surface area contributed by atoms with Crippen LogP contribution in [0.1, 0.15) is 52.2 Å². The van der Waals surface area contributed by atoms with Crippen LogP contribution in [0.2, 0.25) is 0 Å². The number of ether oxygens (including phenoxy) is 2. The summed E-state index contributed by atoms with van der Waals surface area (Å²) in [5, 5.41) is 4.69. The lowest BCUT2D eigenvalue weighted by Gasteiger charge is -2.37. The van der Waals surface area contributed by atoms with Crippen LogP contribution in [0.15, 0.2) is 72.8 Å². The Hall–Kier alpha value is -4.00. The van der Waals surface area contributed by atoms with E-state index < -0.39 is 6.17 Å². The number of hydrazine groups is 1. The zero-order valence-electron chi connectivity index (χ0n) is 18.7. The highest BCUT2D eigenvalue weighted by Gasteiger charge is 2.34. The van der Waals surface area contributed by atoms with Crippen LogP contribution < -0.4 is 20.2 Å². The molecule has 0 spiro atoms. The third-order valence-electron chi connectivity index (χ3n) is 5.46. The predicted octanol–water partition coefficient (Wildman–Crippen LogP) is 4.79. The van der Waals surface area contributed by atoms with Crippen LogP contribution in [0.3, 0.4) is 0 Å². The number of rotatable bonds is 8. The molecule has 33 heavy (non-hydrogen) atoms. The van der Waals surface area contributed by atoms with Gasteiger partial charge in [-0.25, -0.2) is 5.01 Å². The maximum absolute atomic E-state index is 13.3. The van der Waals surface area contributed by atoms with Crippen LogP contribution >= 0.6 is 0 Å². The van der Waals surface area contributed by atoms with E-state index in [-0.39, 0.29) is 11.8 Å². The summed E-state index contributed by atoms with van der Waals surface area (Å²) in [4.78, 5) is 26.3. The van der Waals surface area contributed by atoms with Crippen molar-refractivity contribution in [3.8, 4) is 11.5 Å². The van der Waals surface area contributed by atoms with Crippen molar-refractivity contribution in [3.05, 3.63) is 89.5 Å². The monoisotopic (exact) mass is 445 g/mol. The van der Waals surface area contributed by atoms with Gasteiger partial charge in [0.15, 0.2) is 0 Å². The van der Waals surface area contributed by atoms with Crippen LogP contribution in [0.4, 0.5) is 5.69 Å². The number of benzene rings is 3. The minimum atomic E-state index is -0.584. The summed E-state index contributed by atoms with van der Waals surface area (Å²) in [5.74, 6) is 0.736. The number of amides is 2. The van der Waals surface area contributed by atoms with Crippen LogP contribution in [0.5, 0.6) is 11.5 Å². The quantitative estimate of drug-likeness (QED) is 0.488. The summed E-state index contributed by atoms with van der Waals surface area (Å²) in [5.41, 5.74) is 5.22. The maximum Gasteiger partial charge on any atom is 0.276 e. The maximum atomic E-state index is 13.3. The van der Waals surface area contributed by atoms with E-state index in [9.17, 15) is 9.59 Å². The van der Waals surface area contributed by atoms with Gasteiger partial charge in [0.05, 0.1) is 19.3 Å². The molecule has 1 heterocycles. The van der Waals surface area contributed by atoms with E-state index in [4.69, 9.17) is 9.47 Å². The Morgan fingerprint density at radius 2 is 1.70 bits per heavy atom. The van der Waals surface area contributed by atoms with Crippen molar-refractivity contribution < 1.29 is 19.1 Å². The molecular formula is C26H27N3O4. The summed E-state index contributed by atoms with van der Waals surface area (Å²) in [6.07, 6.45) is 1.44. The molecule has 170 valence electrons. The molecule has 0 bridgehead atoms. The van der Waals surface area contributed by atoms with E-state index in [0.29, 0.717) is 34.9 Å². The minimum Gasteiger partial charge on any atom is -0.497 e. The first-order valence-corrected chi connectivity index (χ1v) is 11.0. The minimum absolute atomic E-state index is 0.293. The first kappa shape index (κ1) is 22.2. The van der Waals surface area contributed by atoms with Crippen molar-refractivity contribution in [2.75, 3.05) is 19.0 Å². The number of nitrogens with one attached hydrogen (secondary N) is 2. The molecule has 1 atom stereocenters. The highest BCUT2D eigenvalue weighted by molar-refractivity contribution is 6.04. The van der Waals surface area contributed by atoms with Crippen LogP contribution in [-0.4, -0.2) is 30.5 Å². The fraction of sp³-hybridized carbons (Fsp3) is 0.231. The van der Waals surface area contributed by atoms with E-state index in [0.717, 1.165) is 18.4 Å². The van der Waals surface area contributed by atoms with Gasteiger partial charge in [-0.3, -0.25) is 15.0 Å². The van der Waals surface area contributed by atoms with Crippen molar-refractivity contribution in [1.82, 2.24) is 10.4 Å². The second-order valence-electron chi connectivity index (χ2n) is 7.71. The third-order valence-corrected chi connectivity index (χ3v) is 5.46. The second kappa shape index (κ2) is 10.1. The van der Waals surface area contributed by atoms with Crippen molar-refractivity contribution in [3.63, 3.8) is 0 Å². The molecule has 0 unspecified atom stereocenters. The molecule has 3 aromatic carbocycles. The third kappa shape index (κ3) is 4.92. The molecule has 1 aliphatic heterocycles. The van der Waals surface area contributed by atoms with Crippen LogP contribution in [0.25, 0.3) is 0 Å². The number of methoxy groups -OCH3 is 1. The fourth-order valence-corrected chi connectivity index (χ4v) is 3.60. The first-order valence-electron chi connectivity index (χ1n) is 11.0. The molecule has 0 radical (unpaired) electrons. The SMILES string of the molecule is CCCCOc1ccc(C(=O)NN2C(=O)c3ccccc3N[C@H]2c2ccc(OC)cc2)cc1. The Morgan fingerprint density at radius 3 is 2.39 bits per heavy atom. The molecule has 7 nitrogen and oxygen atoms in total. The zero-order valence-corrected chi connectivity index (χ0v) is 18.7. The first-order chi connectivity index (χ1) is 16.1. The van der Waals surface area contributed by atoms with Crippen molar-refractivity contribution in [1.29, 1.82) is 0 Å². The van der Waals surface area contributed by atoms with Gasteiger partial charge in [0, 0.05) is 11.3 Å². The van der Waals surface area contributed by atoms with Gasteiger partial charge < -0.3 is 14.8 Å². The van der Waals surface area contributed by atoms with Gasteiger partial charge in [0.1, 0.15) is 17.7 Å². The number of unbranched alkanes of at least 4 members (excludes halogenated alkanes) is 1. The molecular weight excluding hydrogens is 418 g/mol. The normalized spacial score (nSPS) is 14.8. The lowest BCUT2D eigenvalue weighted by Crippen LogP contribution is -2.52. The molecule has 7 heteroatoms. The molecule has 4 rings (SSSR count). The summed E-state index contributed by atoms with van der Waals surface area (Å²) in [6.45, 7) is 2.74. The molecule has 0 fully saturated rings. The predicted molar refractivity (Wildman–Crippen MR) is 126 cm³/mol. The standard InChI is InChI=1S/C26H27N3O4/c1-3-4-17-33-21-15-11-19(12-16-21)25(30)28-29-24(18-9-13-20(32-2)14-10-18)27-23-8-6-5-7-22(23)26(29)31/h5-16,24,27H,3-4,17H2,1-2H3,(H,28,30)/t24-/m1/s1. The van der Waals surface area contributed by atoms with E-state index in [1.807, 2.05) is 36.4 Å². The van der Waals surface area contributed by atoms with Gasteiger partial charge in [-0.15, -0.1) is 0 Å². The summed E-state index contributed by atoms with van der Waals surface area (Å²) in [6, 6.07) is 21.5. The van der Waals surface area contributed by atoms with Gasteiger partial charge in [0.25, 0.3) is 11.8 Å². The Morgan fingerprint density at radius 1 is 1.00 bits per heavy atom. The highest BCUT2D eigenvalue weighted by Crippen LogP contribution is 2.32. The smallest absolute Gasteiger partial charge is 0.276 e. The van der Waals surface area contributed by atoms with Crippen molar-refractivity contribution >= 4 is 17.5 Å². The fourth-order valence-electron chi connectivity index (χ4n) is 3.60. The highest BCUT2D eigenvalue weighted by atomic mass is 16.5. The number of nitrogens with zero attached hydrogens (tertiary/aromatic N) is 1. The van der Waals surface area contributed by atoms with E-state index >= 15 is 0 Å². The van der Waals surface area contributed by atoms with Crippen LogP contribution in [0, 0.1) is 0 Å². The summed E-state index contributed by atoms with van der Waals surface area (Å²) < 4.78 is 10.9. The number of carbonyl (C=O) groups excluding carboxylic acids is 2. The molecule has 0 saturated heterocycles. The number of hydrogen-bond donors (Lipinski definition) is 2. The Labute approximate surface area is 193 Å². The number of anilines is 1. The number of fused-ring (bicyclic) bond motifs is 1. The molecule has 2 amide bonds. The number of para-hydroxylation sites is 1. The Bertz CT molecular complexity index is 1110. The largest absolute Gasteiger partial charge is 0.497 e. The van der Waals surface area contributed by atoms with E-state index in [1.54, 1.807) is 43.5 Å². The topological polar surface area (TPSA) is 79.9 Å². The average Bonchev–Trinajstić information content (AvgIpc) is 2.86. The van der Waals surface area contributed by atoms with Gasteiger partial charge in [-0.2, -0.15) is 0 Å². The molecule has 3 aromatic rings. The molecule has 1 aliphatic rings. The lowest BCUT2D eigenvalue weighted by atomic mass is 10.0. The summed E-state index contributed by atoms with van der Waals surface area (Å²) in [7, 11) is 1.60. The van der Waals surface area contributed by atoms with Crippen LogP contribution in [-0.2, 0) is 0 Å². The van der Waals surface area contributed by atoms with Crippen molar-refractivity contribution in [2.45, 2.75) is 25.9 Å². The Kier molecular flexibility index (Phi) is 6.78. The lowest BCUT2D eigenvalue weighted by molar-refractivity contribution is 0.0491. The van der Waals surface area contributed by atoms with Gasteiger partial charge in [-0.05, 0) is 60.5 Å². The molecule has 0 saturated carbocycles. The zero-order chi connectivity index (χ0) is 23.2. The molecule has 0 aliphatic carbocycles. The molecule has 2 N–H and O–H groups in total. The number of hydrogen-bond acceptors (Lipinski definition) is 5. The average molecular weight is 446 g/mol. The van der Waals surface area contributed by atoms with Gasteiger partial charge in [0.2, 0.25) is 0 Å². The van der Waals surface area contributed by atoms with Gasteiger partial charge >= 0.3 is 0 Å². The number of carbonyl (C=O) groups is 2. The van der Waals surface area contributed by atoms with E-state index in [2.05, 4.69) is 17.7 Å². The van der Waals surface area contributed by atoms with Gasteiger partial charge in [-0.1, -0.05) is 37.6 Å².